The quantitative estimate of drug-likeness (QED) is 0.831. The van der Waals surface area contributed by atoms with Crippen LogP contribution in [0.25, 0.3) is 0 Å². The number of nitriles is 1. The molecule has 132 valence electrons. The van der Waals surface area contributed by atoms with Crippen molar-refractivity contribution in [2.24, 2.45) is 0 Å². The van der Waals surface area contributed by atoms with E-state index >= 15 is 0 Å². The van der Waals surface area contributed by atoms with Gasteiger partial charge in [-0.3, -0.25) is 4.79 Å². The van der Waals surface area contributed by atoms with E-state index < -0.39 is 18.0 Å². The van der Waals surface area contributed by atoms with E-state index in [1.807, 2.05) is 6.07 Å². The molecule has 0 aromatic heterocycles. The number of hydrogen-bond acceptors (Lipinski definition) is 6. The van der Waals surface area contributed by atoms with Crippen LogP contribution in [0.5, 0.6) is 11.5 Å². The molecule has 3 rings (SSSR count). The van der Waals surface area contributed by atoms with E-state index in [-0.39, 0.29) is 18.8 Å². The Kier molecular flexibility index (Phi) is 5.04. The summed E-state index contributed by atoms with van der Waals surface area (Å²) < 4.78 is 15.7. The van der Waals surface area contributed by atoms with Gasteiger partial charge in [0, 0.05) is 11.8 Å². The maximum Gasteiger partial charge on any atom is 0.339 e. The van der Waals surface area contributed by atoms with Crippen molar-refractivity contribution in [1.29, 1.82) is 5.26 Å². The molecule has 26 heavy (non-hydrogen) atoms. The van der Waals surface area contributed by atoms with Crippen LogP contribution in [0, 0.1) is 11.3 Å². The van der Waals surface area contributed by atoms with Crippen molar-refractivity contribution in [3.63, 3.8) is 0 Å². The molecule has 0 aliphatic carbocycles. The standard InChI is InChI=1S/C19H16N2O5/c1-12(26-19(23)15-5-3-2-4-13(15)8-9-20)18(22)21-14-6-7-16-17(10-14)25-11-24-16/h2-7,10,12H,8,11H2,1H3,(H,21,22)/t12-/m0/s1. The first-order valence-electron chi connectivity index (χ1n) is 7.95. The van der Waals surface area contributed by atoms with Crippen LogP contribution in [0.15, 0.2) is 42.5 Å². The first-order chi connectivity index (χ1) is 12.6. The van der Waals surface area contributed by atoms with E-state index in [0.29, 0.717) is 22.7 Å². The number of benzene rings is 2. The topological polar surface area (TPSA) is 97.7 Å². The summed E-state index contributed by atoms with van der Waals surface area (Å²) >= 11 is 0. The van der Waals surface area contributed by atoms with Crippen LogP contribution in [-0.4, -0.2) is 24.8 Å². The second-order valence-corrected chi connectivity index (χ2v) is 5.60. The third kappa shape index (κ3) is 3.75. The number of anilines is 1. The Morgan fingerprint density at radius 1 is 1.23 bits per heavy atom. The predicted molar refractivity (Wildman–Crippen MR) is 91.8 cm³/mol. The highest BCUT2D eigenvalue weighted by atomic mass is 16.7. The van der Waals surface area contributed by atoms with Crippen LogP contribution in [-0.2, 0) is 16.0 Å². The molecule has 2 aromatic carbocycles. The highest BCUT2D eigenvalue weighted by molar-refractivity contribution is 5.98. The lowest BCUT2D eigenvalue weighted by atomic mass is 10.1. The van der Waals surface area contributed by atoms with Crippen LogP contribution in [0.4, 0.5) is 5.69 Å². The maximum atomic E-state index is 12.3. The van der Waals surface area contributed by atoms with Gasteiger partial charge in [-0.25, -0.2) is 4.79 Å². The first-order valence-corrected chi connectivity index (χ1v) is 7.95. The molecule has 0 radical (unpaired) electrons. The highest BCUT2D eigenvalue weighted by Crippen LogP contribution is 2.34. The van der Waals surface area contributed by atoms with Crippen LogP contribution in [0.2, 0.25) is 0 Å². The Labute approximate surface area is 150 Å². The van der Waals surface area contributed by atoms with Crippen LogP contribution < -0.4 is 14.8 Å². The molecule has 0 unspecified atom stereocenters. The summed E-state index contributed by atoms with van der Waals surface area (Å²) in [5, 5.41) is 11.5. The lowest BCUT2D eigenvalue weighted by Crippen LogP contribution is -2.30. The Morgan fingerprint density at radius 3 is 2.81 bits per heavy atom. The molecule has 0 bridgehead atoms. The van der Waals surface area contributed by atoms with Crippen molar-refractivity contribution >= 4 is 17.6 Å². The molecule has 0 spiro atoms. The highest BCUT2D eigenvalue weighted by Gasteiger charge is 2.21. The molecule has 7 heteroatoms. The zero-order valence-electron chi connectivity index (χ0n) is 14.0. The summed E-state index contributed by atoms with van der Waals surface area (Å²) in [6.07, 6.45) is -0.925. The smallest absolute Gasteiger partial charge is 0.339 e. The third-order valence-electron chi connectivity index (χ3n) is 3.80. The zero-order valence-corrected chi connectivity index (χ0v) is 14.0. The van der Waals surface area contributed by atoms with E-state index in [9.17, 15) is 9.59 Å². The summed E-state index contributed by atoms with van der Waals surface area (Å²) in [5.74, 6) is 0.0219. The fourth-order valence-corrected chi connectivity index (χ4v) is 2.45. The fourth-order valence-electron chi connectivity index (χ4n) is 2.45. The summed E-state index contributed by atoms with van der Waals surface area (Å²) in [7, 11) is 0. The van der Waals surface area contributed by atoms with Gasteiger partial charge in [0.2, 0.25) is 6.79 Å². The second-order valence-electron chi connectivity index (χ2n) is 5.60. The van der Waals surface area contributed by atoms with Crippen molar-refractivity contribution in [1.82, 2.24) is 0 Å². The molecule has 0 saturated heterocycles. The minimum absolute atomic E-state index is 0.0864. The third-order valence-corrected chi connectivity index (χ3v) is 3.80. The summed E-state index contributed by atoms with van der Waals surface area (Å²) in [6, 6.07) is 13.6. The van der Waals surface area contributed by atoms with Gasteiger partial charge in [0.1, 0.15) is 0 Å². The molecule has 2 aromatic rings. The van der Waals surface area contributed by atoms with Crippen molar-refractivity contribution < 1.29 is 23.8 Å². The van der Waals surface area contributed by atoms with Gasteiger partial charge in [-0.2, -0.15) is 5.26 Å². The molecule has 1 heterocycles. The largest absolute Gasteiger partial charge is 0.454 e. The number of rotatable bonds is 5. The van der Waals surface area contributed by atoms with E-state index in [0.717, 1.165) is 0 Å². The fraction of sp³-hybridized carbons (Fsp3) is 0.211. The Balaban J connectivity index is 1.64. The molecule has 0 fully saturated rings. The average molecular weight is 352 g/mol. The van der Waals surface area contributed by atoms with Gasteiger partial charge in [-0.15, -0.1) is 0 Å². The molecular formula is C19H16N2O5. The molecule has 1 aliphatic heterocycles. The van der Waals surface area contributed by atoms with Crippen molar-refractivity contribution in [3.8, 4) is 17.6 Å². The van der Waals surface area contributed by atoms with Gasteiger partial charge >= 0.3 is 5.97 Å². The van der Waals surface area contributed by atoms with E-state index in [1.165, 1.54) is 6.92 Å². The molecule has 1 atom stereocenters. The molecule has 0 saturated carbocycles. The minimum atomic E-state index is -1.01. The zero-order chi connectivity index (χ0) is 18.5. The molecule has 7 nitrogen and oxygen atoms in total. The predicted octanol–water partition coefficient (Wildman–Crippen LogP) is 2.67. The Bertz CT molecular complexity index is 888. The Morgan fingerprint density at radius 2 is 2.00 bits per heavy atom. The second kappa shape index (κ2) is 7.57. The van der Waals surface area contributed by atoms with Crippen molar-refractivity contribution in [2.45, 2.75) is 19.4 Å². The lowest BCUT2D eigenvalue weighted by molar-refractivity contribution is -0.123. The van der Waals surface area contributed by atoms with E-state index in [4.69, 9.17) is 19.5 Å². The minimum Gasteiger partial charge on any atom is -0.454 e. The number of nitrogens with zero attached hydrogens (tertiary/aromatic N) is 1. The van der Waals surface area contributed by atoms with Gasteiger partial charge in [-0.1, -0.05) is 18.2 Å². The summed E-state index contributed by atoms with van der Waals surface area (Å²) in [5.41, 5.74) is 1.34. The van der Waals surface area contributed by atoms with Crippen LogP contribution >= 0.6 is 0 Å². The number of carbonyl (C=O) groups is 2. The van der Waals surface area contributed by atoms with Gasteiger partial charge in [0.25, 0.3) is 5.91 Å². The van der Waals surface area contributed by atoms with Crippen molar-refractivity contribution in [3.05, 3.63) is 53.6 Å². The number of ether oxygens (including phenoxy) is 3. The summed E-state index contributed by atoms with van der Waals surface area (Å²) in [4.78, 5) is 24.6. The molecule has 1 aliphatic rings. The average Bonchev–Trinajstić information content (AvgIpc) is 3.10. The number of nitrogens with one attached hydrogen (secondary N) is 1. The van der Waals surface area contributed by atoms with Gasteiger partial charge < -0.3 is 19.5 Å². The molecule has 1 amide bonds. The first kappa shape index (κ1) is 17.3. The van der Waals surface area contributed by atoms with E-state index in [1.54, 1.807) is 42.5 Å². The van der Waals surface area contributed by atoms with Crippen molar-refractivity contribution in [2.75, 3.05) is 12.1 Å². The van der Waals surface area contributed by atoms with Gasteiger partial charge in [0.15, 0.2) is 17.6 Å². The number of amides is 1. The maximum absolute atomic E-state index is 12.3. The Hall–Kier alpha value is -3.53. The number of hydrogen-bond donors (Lipinski definition) is 1. The summed E-state index contributed by atoms with van der Waals surface area (Å²) in [6.45, 7) is 1.62. The molecule has 1 N–H and O–H groups in total. The van der Waals surface area contributed by atoms with Gasteiger partial charge in [-0.05, 0) is 30.7 Å². The number of esters is 1. The van der Waals surface area contributed by atoms with Gasteiger partial charge in [0.05, 0.1) is 18.1 Å². The van der Waals surface area contributed by atoms with Crippen LogP contribution in [0.1, 0.15) is 22.8 Å². The lowest BCUT2D eigenvalue weighted by Gasteiger charge is -2.14. The molecular weight excluding hydrogens is 336 g/mol. The SMILES string of the molecule is C[C@H](OC(=O)c1ccccc1CC#N)C(=O)Nc1ccc2c(c1)OCO2. The normalized spacial score (nSPS) is 12.8. The van der Waals surface area contributed by atoms with E-state index in [2.05, 4.69) is 5.32 Å². The number of fused-ring (bicyclic) bond motifs is 1. The monoisotopic (exact) mass is 352 g/mol. The van der Waals surface area contributed by atoms with Crippen LogP contribution in [0.3, 0.4) is 0 Å². The number of carbonyl (C=O) groups excluding carboxylic acids is 2.